The fraction of sp³-hybridized carbons (Fsp3) is 0.519. The van der Waals surface area contributed by atoms with Gasteiger partial charge in [0.05, 0.1) is 23.8 Å². The quantitative estimate of drug-likeness (QED) is 0.279. The summed E-state index contributed by atoms with van der Waals surface area (Å²) < 4.78 is 15.6. The molecule has 0 radical (unpaired) electrons. The van der Waals surface area contributed by atoms with Crippen molar-refractivity contribution in [3.8, 4) is 0 Å². The minimum absolute atomic E-state index is 0.00206. The molecule has 5 rings (SSSR count). The summed E-state index contributed by atoms with van der Waals surface area (Å²) in [6.45, 7) is 1.37. The Bertz CT molecular complexity index is 1350. The molecule has 2 aliphatic rings. The van der Waals surface area contributed by atoms with E-state index in [1.807, 2.05) is 20.2 Å². The highest BCUT2D eigenvalue weighted by Crippen LogP contribution is 2.30. The number of carbonyl (C=O) groups excluding carboxylic acids is 1. The Morgan fingerprint density at radius 1 is 1.05 bits per heavy atom. The van der Waals surface area contributed by atoms with Crippen LogP contribution >= 0.6 is 0 Å². The summed E-state index contributed by atoms with van der Waals surface area (Å²) in [5.74, 6) is -0.587. The molecule has 0 bridgehead atoms. The van der Waals surface area contributed by atoms with Gasteiger partial charge in [0.15, 0.2) is 17.2 Å². The number of hydrogen-bond acceptors (Lipinski definition) is 8. The molecule has 0 spiro atoms. The third-order valence-corrected chi connectivity index (χ3v) is 7.40. The second-order valence-corrected chi connectivity index (χ2v) is 10.8. The second kappa shape index (κ2) is 12.0. The molecule has 13 heteroatoms. The van der Waals surface area contributed by atoms with E-state index < -0.39 is 17.8 Å². The van der Waals surface area contributed by atoms with Gasteiger partial charge < -0.3 is 30.9 Å². The smallest absolute Gasteiger partial charge is 0.407 e. The number of nitrogens with zero attached hydrogens (tertiary/aromatic N) is 6. The summed E-state index contributed by atoms with van der Waals surface area (Å²) in [5, 5.41) is 24.0. The van der Waals surface area contributed by atoms with Gasteiger partial charge in [0.1, 0.15) is 5.82 Å². The number of carbonyl (C=O) groups is 2. The third kappa shape index (κ3) is 6.58. The lowest BCUT2D eigenvalue weighted by atomic mass is 9.90. The molecule has 40 heavy (non-hydrogen) atoms. The first kappa shape index (κ1) is 27.6. The molecule has 0 aromatic carbocycles. The van der Waals surface area contributed by atoms with Crippen LogP contribution in [-0.4, -0.2) is 91.8 Å². The van der Waals surface area contributed by atoms with Crippen molar-refractivity contribution in [2.24, 2.45) is 0 Å². The topological polar surface area (TPSA) is 140 Å². The van der Waals surface area contributed by atoms with Crippen LogP contribution in [0.3, 0.4) is 0 Å². The van der Waals surface area contributed by atoms with Crippen molar-refractivity contribution in [1.29, 1.82) is 0 Å². The zero-order valence-corrected chi connectivity index (χ0v) is 22.8. The summed E-state index contributed by atoms with van der Waals surface area (Å²) in [6.07, 6.45) is 9.04. The molecule has 0 atom stereocenters. The monoisotopic (exact) mass is 553 g/mol. The highest BCUT2D eigenvalue weighted by Gasteiger charge is 2.29. The predicted octanol–water partition coefficient (Wildman–Crippen LogP) is 3.74. The van der Waals surface area contributed by atoms with Crippen LogP contribution in [0.2, 0.25) is 0 Å². The second-order valence-electron chi connectivity index (χ2n) is 10.8. The molecule has 2 saturated carbocycles. The minimum Gasteiger partial charge on any atom is -0.465 e. The summed E-state index contributed by atoms with van der Waals surface area (Å²) in [7, 11) is 3.97. The van der Waals surface area contributed by atoms with Crippen molar-refractivity contribution in [2.75, 3.05) is 43.1 Å². The molecular weight excluding hydrogens is 517 g/mol. The molecule has 3 heterocycles. The molecule has 3 aromatic heterocycles. The number of imidazole rings is 1. The predicted molar refractivity (Wildman–Crippen MR) is 149 cm³/mol. The highest BCUT2D eigenvalue weighted by molar-refractivity contribution is 6.03. The van der Waals surface area contributed by atoms with Gasteiger partial charge in [-0.2, -0.15) is 0 Å². The first-order valence-corrected chi connectivity index (χ1v) is 13.8. The van der Waals surface area contributed by atoms with Crippen molar-refractivity contribution in [3.63, 3.8) is 0 Å². The average Bonchev–Trinajstić information content (AvgIpc) is 3.63. The zero-order valence-electron chi connectivity index (χ0n) is 22.8. The number of halogens is 1. The lowest BCUT2D eigenvalue weighted by molar-refractivity contribution is 0.101. The summed E-state index contributed by atoms with van der Waals surface area (Å²) in [4.78, 5) is 36.8. The van der Waals surface area contributed by atoms with Gasteiger partial charge in [-0.15, -0.1) is 5.10 Å². The average molecular weight is 554 g/mol. The van der Waals surface area contributed by atoms with Crippen LogP contribution in [-0.2, 0) is 0 Å². The molecule has 2 aliphatic carbocycles. The molecule has 0 aliphatic heterocycles. The molecule has 214 valence electrons. The van der Waals surface area contributed by atoms with Gasteiger partial charge in [-0.1, -0.05) is 0 Å². The molecule has 12 nitrogen and oxygen atoms in total. The van der Waals surface area contributed by atoms with Crippen LogP contribution in [0.5, 0.6) is 0 Å². The number of amides is 2. The van der Waals surface area contributed by atoms with Crippen LogP contribution < -0.4 is 16.0 Å². The van der Waals surface area contributed by atoms with Crippen LogP contribution in [0.1, 0.15) is 55.4 Å². The van der Waals surface area contributed by atoms with Crippen LogP contribution in [0.4, 0.5) is 26.4 Å². The van der Waals surface area contributed by atoms with Crippen LogP contribution in [0.25, 0.3) is 5.65 Å². The van der Waals surface area contributed by atoms with Crippen LogP contribution in [0.15, 0.2) is 30.7 Å². The SMILES string of the molecule is CN(C)CCCN(C(=O)O)[C@H]1CC[C@H](Nc2cc(NC3CC3)c3ncc(C(=O)Nc4ccncc4F)n3n2)CC1. The van der Waals surface area contributed by atoms with Crippen molar-refractivity contribution in [2.45, 2.75) is 63.1 Å². The van der Waals surface area contributed by atoms with Crippen molar-refractivity contribution < 1.29 is 19.1 Å². The van der Waals surface area contributed by atoms with Gasteiger partial charge in [-0.3, -0.25) is 9.78 Å². The highest BCUT2D eigenvalue weighted by atomic mass is 19.1. The Morgan fingerprint density at radius 3 is 2.45 bits per heavy atom. The lowest BCUT2D eigenvalue weighted by Crippen LogP contribution is -2.44. The third-order valence-electron chi connectivity index (χ3n) is 7.40. The molecule has 4 N–H and O–H groups in total. The minimum atomic E-state index is -0.865. The van der Waals surface area contributed by atoms with E-state index >= 15 is 0 Å². The first-order chi connectivity index (χ1) is 19.3. The van der Waals surface area contributed by atoms with Crippen molar-refractivity contribution in [1.82, 2.24) is 29.4 Å². The lowest BCUT2D eigenvalue weighted by Gasteiger charge is -2.36. The standard InChI is InChI=1S/C27H36FN9O3/c1-35(2)12-3-13-36(27(39)40)19-8-6-18(7-9-19)32-24-14-22(31-17-4-5-17)25-30-16-23(37(25)34-24)26(38)33-21-10-11-29-15-20(21)28/h10-11,14-19,31H,3-9,12-13H2,1-2H3,(H,32,34)(H,39,40)(H,29,33,38)/t18-,19-. The summed E-state index contributed by atoms with van der Waals surface area (Å²) in [5.41, 5.74) is 1.47. The van der Waals surface area contributed by atoms with E-state index in [0.29, 0.717) is 24.1 Å². The molecule has 0 saturated heterocycles. The number of carboxylic acid groups (broad SMARTS) is 1. The van der Waals surface area contributed by atoms with Gasteiger partial charge in [-0.05, 0) is 71.7 Å². The van der Waals surface area contributed by atoms with E-state index in [4.69, 9.17) is 0 Å². The Morgan fingerprint density at radius 2 is 1.77 bits per heavy atom. The molecule has 3 aromatic rings. The Labute approximate surface area is 232 Å². The van der Waals surface area contributed by atoms with Crippen molar-refractivity contribution >= 4 is 34.8 Å². The number of hydrogen-bond donors (Lipinski definition) is 4. The molecule has 2 amide bonds. The normalized spacial score (nSPS) is 19.0. The number of fused-ring (bicyclic) bond motifs is 1. The van der Waals surface area contributed by atoms with E-state index in [2.05, 4.69) is 35.9 Å². The Kier molecular flexibility index (Phi) is 8.29. The number of rotatable bonds is 11. The maximum absolute atomic E-state index is 14.1. The largest absolute Gasteiger partial charge is 0.465 e. The number of pyridine rings is 1. The van der Waals surface area contributed by atoms with Gasteiger partial charge in [0.25, 0.3) is 5.91 Å². The van der Waals surface area contributed by atoms with E-state index in [1.165, 1.54) is 23.0 Å². The molecular formula is C27H36FN9O3. The number of nitrogens with one attached hydrogen (secondary N) is 3. The van der Waals surface area contributed by atoms with E-state index in [9.17, 15) is 19.1 Å². The first-order valence-electron chi connectivity index (χ1n) is 13.8. The summed E-state index contributed by atoms with van der Waals surface area (Å²) in [6, 6.07) is 3.75. The number of aromatic nitrogens is 4. The molecule has 0 unspecified atom stereocenters. The van der Waals surface area contributed by atoms with E-state index in [0.717, 1.165) is 63.4 Å². The van der Waals surface area contributed by atoms with Gasteiger partial charge in [0.2, 0.25) is 0 Å². The maximum atomic E-state index is 14.1. The fourth-order valence-electron chi connectivity index (χ4n) is 5.14. The Hall–Kier alpha value is -4.00. The van der Waals surface area contributed by atoms with Crippen molar-refractivity contribution in [3.05, 3.63) is 42.2 Å². The zero-order chi connectivity index (χ0) is 28.2. The van der Waals surface area contributed by atoms with Crippen LogP contribution in [0, 0.1) is 5.82 Å². The van der Waals surface area contributed by atoms with E-state index in [-0.39, 0.29) is 23.5 Å². The van der Waals surface area contributed by atoms with Gasteiger partial charge in [0, 0.05) is 36.9 Å². The number of anilines is 3. The fourth-order valence-corrected chi connectivity index (χ4v) is 5.14. The van der Waals surface area contributed by atoms with Gasteiger partial charge in [-0.25, -0.2) is 18.7 Å². The maximum Gasteiger partial charge on any atom is 0.407 e. The van der Waals surface area contributed by atoms with Gasteiger partial charge >= 0.3 is 6.09 Å². The van der Waals surface area contributed by atoms with E-state index in [1.54, 1.807) is 4.90 Å². The Balaban J connectivity index is 1.30. The summed E-state index contributed by atoms with van der Waals surface area (Å²) >= 11 is 0. The molecule has 2 fully saturated rings.